The Bertz CT molecular complexity index is 1280. The summed E-state index contributed by atoms with van der Waals surface area (Å²) in [4.78, 5) is 34.9. The van der Waals surface area contributed by atoms with Crippen LogP contribution in [-0.4, -0.2) is 43.7 Å². The molecule has 1 aliphatic heterocycles. The van der Waals surface area contributed by atoms with Gasteiger partial charge in [0.15, 0.2) is 5.65 Å². The summed E-state index contributed by atoms with van der Waals surface area (Å²) in [5, 5.41) is 18.7. The van der Waals surface area contributed by atoms with E-state index >= 15 is 0 Å². The van der Waals surface area contributed by atoms with Crippen molar-refractivity contribution in [3.63, 3.8) is 0 Å². The number of fused-ring (bicyclic) bond motifs is 1. The third kappa shape index (κ3) is 3.59. The minimum atomic E-state index is -0.514. The molecule has 0 spiro atoms. The molecule has 1 saturated heterocycles. The maximum absolute atomic E-state index is 12.8. The molecule has 1 aliphatic rings. The van der Waals surface area contributed by atoms with Crippen LogP contribution in [0.15, 0.2) is 48.7 Å². The minimum absolute atomic E-state index is 0.0902. The first kappa shape index (κ1) is 19.1. The van der Waals surface area contributed by atoms with Gasteiger partial charge >= 0.3 is 5.00 Å². The first-order valence-corrected chi connectivity index (χ1v) is 10.5. The Morgan fingerprint density at radius 1 is 1.10 bits per heavy atom. The van der Waals surface area contributed by atoms with E-state index in [9.17, 15) is 14.9 Å². The topological polar surface area (TPSA) is 119 Å². The van der Waals surface area contributed by atoms with Crippen molar-refractivity contribution in [2.45, 2.75) is 12.8 Å². The summed E-state index contributed by atoms with van der Waals surface area (Å²) >= 11 is 0.820. The van der Waals surface area contributed by atoms with Gasteiger partial charge in [-0.25, -0.2) is 4.68 Å². The van der Waals surface area contributed by atoms with Crippen LogP contribution in [0.4, 0.5) is 16.8 Å². The molecule has 3 aromatic heterocycles. The lowest BCUT2D eigenvalue weighted by Crippen LogP contribution is -2.22. The highest BCUT2D eigenvalue weighted by molar-refractivity contribution is 7.17. The van der Waals surface area contributed by atoms with Crippen molar-refractivity contribution in [2.24, 2.45) is 0 Å². The molecule has 0 atom stereocenters. The number of nitrogens with one attached hydrogen (secondary N) is 1. The first-order chi connectivity index (χ1) is 15.1. The third-order valence-electron chi connectivity index (χ3n) is 5.03. The number of para-hydroxylation sites is 1. The van der Waals surface area contributed by atoms with E-state index in [1.165, 1.54) is 12.1 Å². The summed E-state index contributed by atoms with van der Waals surface area (Å²) in [5.41, 5.74) is 1.42. The Morgan fingerprint density at radius 2 is 1.87 bits per heavy atom. The normalized spacial score (nSPS) is 13.6. The number of aromatic nitrogens is 4. The molecule has 5 rings (SSSR count). The molecule has 1 N–H and O–H groups in total. The Labute approximate surface area is 180 Å². The zero-order valence-electron chi connectivity index (χ0n) is 16.3. The lowest BCUT2D eigenvalue weighted by atomic mass is 10.3. The fourth-order valence-electron chi connectivity index (χ4n) is 3.53. The Balaban J connectivity index is 1.58. The van der Waals surface area contributed by atoms with E-state index < -0.39 is 10.8 Å². The zero-order chi connectivity index (χ0) is 21.4. The van der Waals surface area contributed by atoms with Crippen LogP contribution in [0.5, 0.6) is 0 Å². The number of amides is 1. The van der Waals surface area contributed by atoms with Crippen molar-refractivity contribution < 1.29 is 9.72 Å². The van der Waals surface area contributed by atoms with E-state index in [2.05, 4.69) is 20.3 Å². The van der Waals surface area contributed by atoms with Crippen LogP contribution in [-0.2, 0) is 0 Å². The Morgan fingerprint density at radius 3 is 2.58 bits per heavy atom. The molecule has 0 bridgehead atoms. The SMILES string of the molecule is O=C(Nc1nc(N2CCCC2)nc2c1cnn2-c1ccccc1)c1ccc([N+](=O)[O-])s1. The van der Waals surface area contributed by atoms with Crippen molar-refractivity contribution in [2.75, 3.05) is 23.3 Å². The molecule has 156 valence electrons. The Hall–Kier alpha value is -3.86. The molecule has 0 aliphatic carbocycles. The van der Waals surface area contributed by atoms with Crippen LogP contribution in [0.25, 0.3) is 16.7 Å². The third-order valence-corrected chi connectivity index (χ3v) is 6.07. The molecule has 1 fully saturated rings. The molecule has 10 nitrogen and oxygen atoms in total. The minimum Gasteiger partial charge on any atom is -0.341 e. The number of hydrogen-bond donors (Lipinski definition) is 1. The second-order valence-corrected chi connectivity index (χ2v) is 8.11. The number of thiophene rings is 1. The molecule has 0 radical (unpaired) electrons. The van der Waals surface area contributed by atoms with Crippen molar-refractivity contribution in [1.29, 1.82) is 0 Å². The summed E-state index contributed by atoms with van der Waals surface area (Å²) in [6.45, 7) is 1.69. The van der Waals surface area contributed by atoms with E-state index in [0.29, 0.717) is 22.8 Å². The second kappa shape index (κ2) is 7.76. The molecule has 1 aromatic carbocycles. The maximum Gasteiger partial charge on any atom is 0.324 e. The van der Waals surface area contributed by atoms with Gasteiger partial charge in [-0.3, -0.25) is 14.9 Å². The van der Waals surface area contributed by atoms with Gasteiger partial charge in [-0.2, -0.15) is 15.1 Å². The lowest BCUT2D eigenvalue weighted by Gasteiger charge is -2.16. The van der Waals surface area contributed by atoms with Gasteiger partial charge in [0.1, 0.15) is 5.82 Å². The van der Waals surface area contributed by atoms with Gasteiger partial charge in [-0.05, 0) is 31.0 Å². The van der Waals surface area contributed by atoms with Crippen LogP contribution in [0.2, 0.25) is 0 Å². The van der Waals surface area contributed by atoms with Crippen molar-refractivity contribution in [3.8, 4) is 5.69 Å². The number of anilines is 2. The number of hydrogen-bond acceptors (Lipinski definition) is 8. The van der Waals surface area contributed by atoms with E-state index in [4.69, 9.17) is 4.98 Å². The molecule has 1 amide bonds. The van der Waals surface area contributed by atoms with Gasteiger partial charge < -0.3 is 10.2 Å². The molecule has 4 heterocycles. The predicted octanol–water partition coefficient (Wildman–Crippen LogP) is 3.64. The lowest BCUT2D eigenvalue weighted by molar-refractivity contribution is -0.380. The van der Waals surface area contributed by atoms with Gasteiger partial charge in [0.05, 0.1) is 27.1 Å². The van der Waals surface area contributed by atoms with E-state index in [1.807, 2.05) is 30.3 Å². The average molecular weight is 435 g/mol. The highest BCUT2D eigenvalue weighted by Crippen LogP contribution is 2.29. The van der Waals surface area contributed by atoms with Gasteiger partial charge in [0.25, 0.3) is 5.91 Å². The van der Waals surface area contributed by atoms with E-state index in [1.54, 1.807) is 10.9 Å². The highest BCUT2D eigenvalue weighted by Gasteiger charge is 2.22. The van der Waals surface area contributed by atoms with Crippen LogP contribution in [0.3, 0.4) is 0 Å². The van der Waals surface area contributed by atoms with Gasteiger partial charge in [0.2, 0.25) is 5.95 Å². The van der Waals surface area contributed by atoms with E-state index in [0.717, 1.165) is 43.0 Å². The van der Waals surface area contributed by atoms with Crippen LogP contribution in [0, 0.1) is 10.1 Å². The standard InChI is InChI=1S/C20H17N7O3S/c28-19(15-8-9-16(31-15)27(29)30)22-17-14-12-21-26(13-6-2-1-3-7-13)18(14)24-20(23-17)25-10-4-5-11-25/h1-3,6-9,12H,4-5,10-11H2,(H,22,23,24,28). The first-order valence-electron chi connectivity index (χ1n) is 9.72. The van der Waals surface area contributed by atoms with Crippen molar-refractivity contribution in [3.05, 3.63) is 63.7 Å². The zero-order valence-corrected chi connectivity index (χ0v) is 17.1. The number of nitro groups is 1. The smallest absolute Gasteiger partial charge is 0.324 e. The van der Waals surface area contributed by atoms with E-state index in [-0.39, 0.29) is 9.88 Å². The summed E-state index contributed by atoms with van der Waals surface area (Å²) in [7, 11) is 0. The second-order valence-electron chi connectivity index (χ2n) is 7.04. The molecule has 0 unspecified atom stereocenters. The van der Waals surface area contributed by atoms with Crippen molar-refractivity contribution in [1.82, 2.24) is 19.7 Å². The molecule has 11 heteroatoms. The average Bonchev–Trinajstić information content (AvgIpc) is 3.54. The number of carbonyl (C=O) groups is 1. The van der Waals surface area contributed by atoms with Gasteiger partial charge in [-0.1, -0.05) is 29.5 Å². The fourth-order valence-corrected chi connectivity index (χ4v) is 4.24. The molecular weight excluding hydrogens is 418 g/mol. The number of carbonyl (C=O) groups excluding carboxylic acids is 1. The van der Waals surface area contributed by atoms with Crippen LogP contribution < -0.4 is 10.2 Å². The van der Waals surface area contributed by atoms with Gasteiger partial charge in [-0.15, -0.1) is 0 Å². The van der Waals surface area contributed by atoms with Gasteiger partial charge in [0, 0.05) is 19.2 Å². The van der Waals surface area contributed by atoms with Crippen molar-refractivity contribution >= 4 is 45.0 Å². The maximum atomic E-state index is 12.8. The molecule has 0 saturated carbocycles. The quantitative estimate of drug-likeness (QED) is 0.375. The summed E-state index contributed by atoms with van der Waals surface area (Å²) < 4.78 is 1.71. The van der Waals surface area contributed by atoms with Crippen LogP contribution in [0.1, 0.15) is 22.5 Å². The fraction of sp³-hybridized carbons (Fsp3) is 0.200. The molecule has 31 heavy (non-hydrogen) atoms. The largest absolute Gasteiger partial charge is 0.341 e. The summed E-state index contributed by atoms with van der Waals surface area (Å²) in [6.07, 6.45) is 3.72. The highest BCUT2D eigenvalue weighted by atomic mass is 32.1. The Kier molecular flexibility index (Phi) is 4.79. The summed E-state index contributed by atoms with van der Waals surface area (Å²) in [5.74, 6) is 0.392. The number of nitrogens with zero attached hydrogens (tertiary/aromatic N) is 6. The predicted molar refractivity (Wildman–Crippen MR) is 117 cm³/mol. The monoisotopic (exact) mass is 435 g/mol. The molecule has 4 aromatic rings. The van der Waals surface area contributed by atoms with Crippen LogP contribution >= 0.6 is 11.3 Å². The molecular formula is C20H17N7O3S. The summed E-state index contributed by atoms with van der Waals surface area (Å²) in [6, 6.07) is 12.4. The number of benzene rings is 1. The number of rotatable bonds is 5.